The number of carbonyl (C=O) groups excluding carboxylic acids is 1. The first-order valence-electron chi connectivity index (χ1n) is 11.3. The SMILES string of the molecule is CCOc1cc2occ(-c3ccc(C)cc3)c2cc1/C(C)=C/C(=O)NC(C)c1ccccc1. The first-order chi connectivity index (χ1) is 16.0. The van der Waals surface area contributed by atoms with E-state index in [0.717, 1.165) is 38.8 Å². The highest BCUT2D eigenvalue weighted by Crippen LogP contribution is 2.37. The van der Waals surface area contributed by atoms with E-state index in [1.165, 1.54) is 5.56 Å². The fraction of sp³-hybridized carbons (Fsp3) is 0.207. The zero-order valence-electron chi connectivity index (χ0n) is 19.5. The van der Waals surface area contributed by atoms with E-state index in [2.05, 4.69) is 42.6 Å². The lowest BCUT2D eigenvalue weighted by atomic mass is 9.98. The number of aryl methyl sites for hydroxylation is 1. The maximum absolute atomic E-state index is 12.8. The molecule has 1 aromatic heterocycles. The second-order valence-corrected chi connectivity index (χ2v) is 8.26. The van der Waals surface area contributed by atoms with Crippen LogP contribution in [0.25, 0.3) is 27.7 Å². The number of carbonyl (C=O) groups is 1. The molecule has 4 aromatic rings. The van der Waals surface area contributed by atoms with Crippen LogP contribution in [0.15, 0.2) is 83.5 Å². The van der Waals surface area contributed by atoms with Crippen LogP contribution in [0.5, 0.6) is 5.75 Å². The predicted octanol–water partition coefficient (Wildman–Crippen LogP) is 7.09. The van der Waals surface area contributed by atoms with Crippen molar-refractivity contribution in [2.24, 2.45) is 0 Å². The molecular formula is C29H29NO3. The van der Waals surface area contributed by atoms with Crippen LogP contribution in [-0.4, -0.2) is 12.5 Å². The van der Waals surface area contributed by atoms with Gasteiger partial charge in [0.05, 0.1) is 18.9 Å². The van der Waals surface area contributed by atoms with Gasteiger partial charge in [-0.3, -0.25) is 4.79 Å². The maximum Gasteiger partial charge on any atom is 0.244 e. The number of benzene rings is 3. The van der Waals surface area contributed by atoms with E-state index in [1.54, 1.807) is 12.3 Å². The van der Waals surface area contributed by atoms with E-state index in [0.29, 0.717) is 12.4 Å². The molecule has 168 valence electrons. The van der Waals surface area contributed by atoms with Gasteiger partial charge in [0.15, 0.2) is 0 Å². The first-order valence-corrected chi connectivity index (χ1v) is 11.3. The van der Waals surface area contributed by atoms with E-state index in [4.69, 9.17) is 9.15 Å². The third-order valence-electron chi connectivity index (χ3n) is 5.77. The Bertz CT molecular complexity index is 1280. The molecule has 33 heavy (non-hydrogen) atoms. The number of furan rings is 1. The minimum atomic E-state index is -0.141. The third-order valence-corrected chi connectivity index (χ3v) is 5.77. The number of hydrogen-bond acceptors (Lipinski definition) is 3. The van der Waals surface area contributed by atoms with Gasteiger partial charge >= 0.3 is 0 Å². The smallest absolute Gasteiger partial charge is 0.244 e. The Labute approximate surface area is 194 Å². The Morgan fingerprint density at radius 3 is 2.52 bits per heavy atom. The summed E-state index contributed by atoms with van der Waals surface area (Å²) in [5.41, 5.74) is 6.84. The summed E-state index contributed by atoms with van der Waals surface area (Å²) >= 11 is 0. The van der Waals surface area contributed by atoms with Crippen molar-refractivity contribution in [3.05, 3.63) is 95.8 Å². The predicted molar refractivity (Wildman–Crippen MR) is 134 cm³/mol. The number of amides is 1. The van der Waals surface area contributed by atoms with Gasteiger partial charge in [-0.25, -0.2) is 0 Å². The average molecular weight is 440 g/mol. The largest absolute Gasteiger partial charge is 0.493 e. The quantitative estimate of drug-likeness (QED) is 0.313. The van der Waals surface area contributed by atoms with Crippen molar-refractivity contribution in [2.45, 2.75) is 33.7 Å². The molecule has 3 aromatic carbocycles. The van der Waals surface area contributed by atoms with Gasteiger partial charge in [0, 0.05) is 28.7 Å². The van der Waals surface area contributed by atoms with Gasteiger partial charge < -0.3 is 14.5 Å². The second kappa shape index (κ2) is 9.78. The van der Waals surface area contributed by atoms with Crippen molar-refractivity contribution >= 4 is 22.4 Å². The molecule has 1 atom stereocenters. The Balaban J connectivity index is 1.68. The molecule has 4 nitrogen and oxygen atoms in total. The van der Waals surface area contributed by atoms with Gasteiger partial charge in [0.25, 0.3) is 0 Å². The number of ether oxygens (including phenoxy) is 1. The van der Waals surface area contributed by atoms with Crippen LogP contribution in [0.1, 0.15) is 43.5 Å². The van der Waals surface area contributed by atoms with E-state index < -0.39 is 0 Å². The standard InChI is InChI=1S/C29H29NO3/c1-5-32-27-17-28-25(26(18-33-28)23-13-11-19(2)12-14-23)16-24(27)20(3)15-29(31)30-21(4)22-9-7-6-8-10-22/h6-18,21H,5H2,1-4H3,(H,30,31)/b20-15+. The van der Waals surface area contributed by atoms with Crippen molar-refractivity contribution in [2.75, 3.05) is 6.61 Å². The topological polar surface area (TPSA) is 51.5 Å². The number of allylic oxidation sites excluding steroid dienone is 1. The third kappa shape index (κ3) is 5.01. The monoisotopic (exact) mass is 439 g/mol. The van der Waals surface area contributed by atoms with Crippen molar-refractivity contribution in [1.82, 2.24) is 5.32 Å². The van der Waals surface area contributed by atoms with Gasteiger partial charge in [0.2, 0.25) is 5.91 Å². The lowest BCUT2D eigenvalue weighted by Crippen LogP contribution is -2.24. The van der Waals surface area contributed by atoms with Crippen molar-refractivity contribution in [3.63, 3.8) is 0 Å². The highest BCUT2D eigenvalue weighted by atomic mass is 16.5. The van der Waals surface area contributed by atoms with Gasteiger partial charge in [0.1, 0.15) is 11.3 Å². The summed E-state index contributed by atoms with van der Waals surface area (Å²) in [7, 11) is 0. The zero-order chi connectivity index (χ0) is 23.4. The molecule has 1 unspecified atom stereocenters. The average Bonchev–Trinajstić information content (AvgIpc) is 3.22. The van der Waals surface area contributed by atoms with Crippen LogP contribution >= 0.6 is 0 Å². The minimum absolute atomic E-state index is 0.0846. The molecule has 0 saturated heterocycles. The minimum Gasteiger partial charge on any atom is -0.493 e. The molecule has 0 spiro atoms. The van der Waals surface area contributed by atoms with Gasteiger partial charge in [-0.15, -0.1) is 0 Å². The van der Waals surface area contributed by atoms with Crippen LogP contribution < -0.4 is 10.1 Å². The Morgan fingerprint density at radius 1 is 1.09 bits per heavy atom. The van der Waals surface area contributed by atoms with Gasteiger partial charge in [-0.05, 0) is 50.5 Å². The Kier molecular flexibility index (Phi) is 6.64. The van der Waals surface area contributed by atoms with E-state index >= 15 is 0 Å². The van der Waals surface area contributed by atoms with E-state index in [9.17, 15) is 4.79 Å². The summed E-state index contributed by atoms with van der Waals surface area (Å²) in [4.78, 5) is 12.8. The number of hydrogen-bond donors (Lipinski definition) is 1. The molecule has 1 N–H and O–H groups in total. The molecule has 0 saturated carbocycles. The number of nitrogens with one attached hydrogen (secondary N) is 1. The summed E-state index contributed by atoms with van der Waals surface area (Å²) in [6.45, 7) is 8.45. The van der Waals surface area contributed by atoms with Crippen LogP contribution in [-0.2, 0) is 4.79 Å². The Morgan fingerprint density at radius 2 is 1.82 bits per heavy atom. The Hall–Kier alpha value is -3.79. The van der Waals surface area contributed by atoms with Crippen LogP contribution in [0.3, 0.4) is 0 Å². The lowest BCUT2D eigenvalue weighted by Gasteiger charge is -2.14. The van der Waals surface area contributed by atoms with Crippen molar-refractivity contribution in [3.8, 4) is 16.9 Å². The molecule has 0 aliphatic carbocycles. The fourth-order valence-corrected chi connectivity index (χ4v) is 3.95. The summed E-state index contributed by atoms with van der Waals surface area (Å²) in [6, 6.07) is 22.2. The number of fused-ring (bicyclic) bond motifs is 1. The summed E-state index contributed by atoms with van der Waals surface area (Å²) in [5.74, 6) is 0.560. The molecule has 0 radical (unpaired) electrons. The summed E-state index contributed by atoms with van der Waals surface area (Å²) in [6.07, 6.45) is 3.41. The first kappa shape index (κ1) is 22.4. The molecular weight excluding hydrogens is 410 g/mol. The zero-order valence-corrected chi connectivity index (χ0v) is 19.5. The van der Waals surface area contributed by atoms with E-state index in [1.807, 2.05) is 57.2 Å². The van der Waals surface area contributed by atoms with Crippen LogP contribution in [0.2, 0.25) is 0 Å². The lowest BCUT2D eigenvalue weighted by molar-refractivity contribution is -0.117. The maximum atomic E-state index is 12.8. The highest BCUT2D eigenvalue weighted by molar-refractivity contribution is 6.00. The summed E-state index contributed by atoms with van der Waals surface area (Å²) < 4.78 is 11.8. The summed E-state index contributed by atoms with van der Waals surface area (Å²) in [5, 5.41) is 4.04. The van der Waals surface area contributed by atoms with Gasteiger partial charge in [-0.1, -0.05) is 60.2 Å². The highest BCUT2D eigenvalue weighted by Gasteiger charge is 2.16. The second-order valence-electron chi connectivity index (χ2n) is 8.26. The number of rotatable bonds is 7. The molecule has 1 heterocycles. The molecule has 1 amide bonds. The fourth-order valence-electron chi connectivity index (χ4n) is 3.95. The molecule has 4 rings (SSSR count). The van der Waals surface area contributed by atoms with Crippen LogP contribution in [0.4, 0.5) is 0 Å². The molecule has 0 aliphatic rings. The molecule has 4 heteroatoms. The van der Waals surface area contributed by atoms with Crippen molar-refractivity contribution < 1.29 is 13.9 Å². The molecule has 0 aliphatic heterocycles. The molecule has 0 fully saturated rings. The van der Waals surface area contributed by atoms with E-state index in [-0.39, 0.29) is 11.9 Å². The molecule has 0 bridgehead atoms. The van der Waals surface area contributed by atoms with Gasteiger partial charge in [-0.2, -0.15) is 0 Å². The van der Waals surface area contributed by atoms with Crippen molar-refractivity contribution in [1.29, 1.82) is 0 Å². The normalized spacial score (nSPS) is 12.5. The van der Waals surface area contributed by atoms with Crippen LogP contribution in [0, 0.1) is 6.92 Å².